The first-order valence-electron chi connectivity index (χ1n) is 8.69. The number of hydrogen-bond acceptors (Lipinski definition) is 7. The Bertz CT molecular complexity index is 576. The zero-order valence-corrected chi connectivity index (χ0v) is 17.1. The number of carbonyl (C=O) groups excluding carboxylic acids is 3. The number of ether oxygens (including phenoxy) is 4. The summed E-state index contributed by atoms with van der Waals surface area (Å²) in [5.41, 5.74) is 2.00. The summed E-state index contributed by atoms with van der Waals surface area (Å²) in [4.78, 5) is 38.3. The van der Waals surface area contributed by atoms with E-state index in [0.29, 0.717) is 5.57 Å². The molecule has 1 unspecified atom stereocenters. The van der Waals surface area contributed by atoms with Gasteiger partial charge in [0.15, 0.2) is 6.10 Å². The molecule has 0 spiro atoms. The summed E-state index contributed by atoms with van der Waals surface area (Å²) in [6.45, 7) is 12.8. The lowest BCUT2D eigenvalue weighted by atomic mass is 9.77. The van der Waals surface area contributed by atoms with Crippen molar-refractivity contribution in [3.8, 4) is 0 Å². The number of carbonyl (C=O) groups is 3. The fourth-order valence-corrected chi connectivity index (χ4v) is 4.08. The molecule has 1 saturated heterocycles. The standard InChI is InChI=1S/C18H28O7Si/c1-7-22-15(19)14-18(16(20)23-8-2,17(21)24-9-3)13(11-25-14)12-26(5,6)10-4/h10,12,14H,4,7-9,11H2,1-3,5-6H3/b13-12+. The fourth-order valence-electron chi connectivity index (χ4n) is 2.76. The highest BCUT2D eigenvalue weighted by Crippen LogP contribution is 2.44. The van der Waals surface area contributed by atoms with Crippen molar-refractivity contribution in [1.29, 1.82) is 0 Å². The van der Waals surface area contributed by atoms with Gasteiger partial charge in [-0.25, -0.2) is 4.79 Å². The van der Waals surface area contributed by atoms with Gasteiger partial charge in [0.1, 0.15) is 0 Å². The van der Waals surface area contributed by atoms with Gasteiger partial charge in [0.05, 0.1) is 34.5 Å². The van der Waals surface area contributed by atoms with Crippen molar-refractivity contribution in [2.45, 2.75) is 40.0 Å². The van der Waals surface area contributed by atoms with Gasteiger partial charge in [-0.2, -0.15) is 0 Å². The average Bonchev–Trinajstić information content (AvgIpc) is 2.95. The summed E-state index contributed by atoms with van der Waals surface area (Å²) < 4.78 is 20.9. The fraction of sp³-hybridized carbons (Fsp3) is 0.611. The van der Waals surface area contributed by atoms with Gasteiger partial charge >= 0.3 is 17.9 Å². The molecule has 0 saturated carbocycles. The molecule has 0 bridgehead atoms. The summed E-state index contributed by atoms with van der Waals surface area (Å²) >= 11 is 0. The first-order valence-corrected chi connectivity index (χ1v) is 11.8. The van der Waals surface area contributed by atoms with E-state index in [-0.39, 0.29) is 26.4 Å². The molecular weight excluding hydrogens is 356 g/mol. The van der Waals surface area contributed by atoms with Crippen molar-refractivity contribution >= 4 is 26.0 Å². The first-order chi connectivity index (χ1) is 12.2. The number of hydrogen-bond donors (Lipinski definition) is 0. The molecule has 7 nitrogen and oxygen atoms in total. The molecule has 0 amide bonds. The summed E-state index contributed by atoms with van der Waals surface area (Å²) in [7, 11) is -2.10. The summed E-state index contributed by atoms with van der Waals surface area (Å²) in [6.07, 6.45) is -1.44. The molecule has 1 heterocycles. The molecule has 0 aromatic rings. The molecule has 1 rings (SSSR count). The Balaban J connectivity index is 3.64. The van der Waals surface area contributed by atoms with Crippen LogP contribution in [0.15, 0.2) is 23.6 Å². The van der Waals surface area contributed by atoms with Crippen molar-refractivity contribution in [3.05, 3.63) is 23.6 Å². The van der Waals surface area contributed by atoms with Gasteiger partial charge in [0.25, 0.3) is 0 Å². The van der Waals surface area contributed by atoms with E-state index < -0.39 is 37.5 Å². The van der Waals surface area contributed by atoms with E-state index in [1.165, 1.54) is 0 Å². The molecule has 146 valence electrons. The number of rotatable bonds is 8. The Kier molecular flexibility index (Phi) is 7.77. The third-order valence-electron chi connectivity index (χ3n) is 4.07. The van der Waals surface area contributed by atoms with E-state index >= 15 is 0 Å². The van der Waals surface area contributed by atoms with Crippen LogP contribution in [-0.4, -0.2) is 58.5 Å². The highest BCUT2D eigenvalue weighted by molar-refractivity contribution is 6.86. The summed E-state index contributed by atoms with van der Waals surface area (Å²) in [5.74, 6) is -2.53. The number of esters is 3. The lowest BCUT2D eigenvalue weighted by molar-refractivity contribution is -0.182. The monoisotopic (exact) mass is 384 g/mol. The zero-order valence-electron chi connectivity index (χ0n) is 16.1. The van der Waals surface area contributed by atoms with Gasteiger partial charge in [-0.15, -0.1) is 6.58 Å². The second kappa shape index (κ2) is 9.13. The van der Waals surface area contributed by atoms with Gasteiger partial charge in [0.2, 0.25) is 5.41 Å². The molecule has 1 aliphatic heterocycles. The SMILES string of the molecule is C=C[Si](C)(C)/C=C1\COC(C(=O)OCC)C1(C(=O)OCC)C(=O)OCC. The lowest BCUT2D eigenvalue weighted by Gasteiger charge is -2.30. The van der Waals surface area contributed by atoms with Crippen LogP contribution in [-0.2, 0) is 33.3 Å². The summed E-state index contributed by atoms with van der Waals surface area (Å²) in [5, 5.41) is 0. The first kappa shape index (κ1) is 22.1. The smallest absolute Gasteiger partial charge is 0.337 e. The van der Waals surface area contributed by atoms with Crippen LogP contribution in [0.2, 0.25) is 13.1 Å². The molecule has 1 fully saturated rings. The van der Waals surface area contributed by atoms with Gasteiger partial charge in [0, 0.05) is 0 Å². The predicted octanol–water partition coefficient (Wildman–Crippen LogP) is 1.96. The quantitative estimate of drug-likeness (QED) is 0.273. The Labute approximate surface area is 155 Å². The molecule has 0 aromatic heterocycles. The molecular formula is C18H28O7Si. The van der Waals surface area contributed by atoms with E-state index in [2.05, 4.69) is 6.58 Å². The van der Waals surface area contributed by atoms with Crippen LogP contribution in [0.4, 0.5) is 0 Å². The van der Waals surface area contributed by atoms with Crippen molar-refractivity contribution in [2.24, 2.45) is 5.41 Å². The molecule has 8 heteroatoms. The van der Waals surface area contributed by atoms with E-state index in [9.17, 15) is 14.4 Å². The molecule has 0 aromatic carbocycles. The molecule has 0 radical (unpaired) electrons. The average molecular weight is 385 g/mol. The lowest BCUT2D eigenvalue weighted by Crippen LogP contribution is -2.53. The van der Waals surface area contributed by atoms with Crippen LogP contribution >= 0.6 is 0 Å². The third kappa shape index (κ3) is 4.24. The normalized spacial score (nSPS) is 20.5. The Hall–Kier alpha value is -1.93. The van der Waals surface area contributed by atoms with Crippen LogP contribution in [0, 0.1) is 5.41 Å². The Morgan fingerprint density at radius 3 is 2.04 bits per heavy atom. The highest BCUT2D eigenvalue weighted by Gasteiger charge is 2.65. The Morgan fingerprint density at radius 2 is 1.62 bits per heavy atom. The van der Waals surface area contributed by atoms with Crippen molar-refractivity contribution in [3.63, 3.8) is 0 Å². The van der Waals surface area contributed by atoms with Gasteiger partial charge in [-0.1, -0.05) is 24.5 Å². The second-order valence-electron chi connectivity index (χ2n) is 6.39. The highest BCUT2D eigenvalue weighted by atomic mass is 28.3. The van der Waals surface area contributed by atoms with E-state index in [4.69, 9.17) is 18.9 Å². The van der Waals surface area contributed by atoms with Crippen molar-refractivity contribution in [2.75, 3.05) is 26.4 Å². The van der Waals surface area contributed by atoms with E-state index in [1.54, 1.807) is 26.5 Å². The van der Waals surface area contributed by atoms with E-state index in [0.717, 1.165) is 0 Å². The van der Waals surface area contributed by atoms with E-state index in [1.807, 2.05) is 18.8 Å². The van der Waals surface area contributed by atoms with Gasteiger partial charge < -0.3 is 18.9 Å². The molecule has 1 aliphatic rings. The zero-order chi connectivity index (χ0) is 20.0. The molecule has 26 heavy (non-hydrogen) atoms. The summed E-state index contributed by atoms with van der Waals surface area (Å²) in [6, 6.07) is 0. The maximum atomic E-state index is 12.9. The Morgan fingerprint density at radius 1 is 1.12 bits per heavy atom. The van der Waals surface area contributed by atoms with Crippen LogP contribution in [0.5, 0.6) is 0 Å². The van der Waals surface area contributed by atoms with Crippen LogP contribution in [0.1, 0.15) is 20.8 Å². The third-order valence-corrected chi connectivity index (χ3v) is 6.22. The topological polar surface area (TPSA) is 88.1 Å². The minimum Gasteiger partial charge on any atom is -0.465 e. The van der Waals surface area contributed by atoms with Gasteiger partial charge in [-0.3, -0.25) is 9.59 Å². The largest absolute Gasteiger partial charge is 0.465 e. The predicted molar refractivity (Wildman–Crippen MR) is 97.8 cm³/mol. The molecule has 1 atom stereocenters. The van der Waals surface area contributed by atoms with Crippen LogP contribution in [0.3, 0.4) is 0 Å². The minimum absolute atomic E-state index is 0.0467. The molecule has 0 N–H and O–H groups in total. The van der Waals surface area contributed by atoms with Crippen molar-refractivity contribution in [1.82, 2.24) is 0 Å². The molecule has 0 aliphatic carbocycles. The maximum Gasteiger partial charge on any atom is 0.337 e. The van der Waals surface area contributed by atoms with Gasteiger partial charge in [-0.05, 0) is 26.3 Å². The van der Waals surface area contributed by atoms with Crippen LogP contribution < -0.4 is 0 Å². The minimum atomic E-state index is -2.10. The van der Waals surface area contributed by atoms with Crippen LogP contribution in [0.25, 0.3) is 0 Å². The van der Waals surface area contributed by atoms with Crippen molar-refractivity contribution < 1.29 is 33.3 Å². The maximum absolute atomic E-state index is 12.9. The second-order valence-corrected chi connectivity index (χ2v) is 10.7.